The van der Waals surface area contributed by atoms with Gasteiger partial charge in [-0.15, -0.1) is 0 Å². The third-order valence-corrected chi connectivity index (χ3v) is 7.97. The number of rotatable bonds is 4. The molecule has 0 saturated heterocycles. The largest absolute Gasteiger partial charge is 0.508 e. The molecule has 10 nitrogen and oxygen atoms in total. The third kappa shape index (κ3) is 4.96. The molecule has 1 aromatic heterocycles. The molecule has 3 aliphatic heterocycles. The predicted molar refractivity (Wildman–Crippen MR) is 164 cm³/mol. The van der Waals surface area contributed by atoms with Crippen LogP contribution < -0.4 is 19.8 Å². The summed E-state index contributed by atoms with van der Waals surface area (Å²) in [7, 11) is 0. The monoisotopic (exact) mass is 587 g/mol. The first-order chi connectivity index (χ1) is 21.5. The van der Waals surface area contributed by atoms with Gasteiger partial charge in [-0.3, -0.25) is 20.1 Å². The molecule has 0 fully saturated rings. The molecule has 220 valence electrons. The lowest BCUT2D eigenvalue weighted by Crippen LogP contribution is -2.46. The van der Waals surface area contributed by atoms with E-state index >= 15 is 0 Å². The minimum Gasteiger partial charge on any atom is -0.508 e. The summed E-state index contributed by atoms with van der Waals surface area (Å²) in [6.45, 7) is 2.61. The standard InChI is InChI=1S/C34H29N5O5/c1-22-17-23-5-2-3-6-24(23)20-37(22)33(41)29-19-32-31(43-21-44-32)18-28(29)30-7-4-16-38(36-30)34(42)39(26-12-14-35-15-13-26)25-8-10-27(40)11-9-25/h2-16,18-19,22,36,40H,17,20-21H2,1H3/t22-/m1/s1. The number of allylic oxidation sites excluding steroid dienone is 2. The van der Waals surface area contributed by atoms with Crippen molar-refractivity contribution in [1.82, 2.24) is 20.3 Å². The van der Waals surface area contributed by atoms with Crippen LogP contribution in [-0.4, -0.2) is 44.8 Å². The number of carbonyl (C=O) groups excluding carboxylic acids is 2. The number of carbonyl (C=O) groups is 2. The highest BCUT2D eigenvalue weighted by Crippen LogP contribution is 2.39. The van der Waals surface area contributed by atoms with Crippen molar-refractivity contribution < 1.29 is 24.2 Å². The number of hydrazine groups is 1. The Bertz CT molecular complexity index is 1800. The van der Waals surface area contributed by atoms with E-state index in [1.54, 1.807) is 61.1 Å². The average molecular weight is 588 g/mol. The fraction of sp³-hybridized carbons (Fsp3) is 0.147. The molecular formula is C34H29N5O5. The molecule has 0 radical (unpaired) electrons. The van der Waals surface area contributed by atoms with Gasteiger partial charge in [-0.1, -0.05) is 24.3 Å². The van der Waals surface area contributed by atoms with Crippen molar-refractivity contribution in [2.24, 2.45) is 0 Å². The van der Waals surface area contributed by atoms with E-state index in [0.717, 1.165) is 12.0 Å². The number of anilines is 2. The molecule has 1 atom stereocenters. The van der Waals surface area contributed by atoms with Crippen LogP contribution in [0.5, 0.6) is 17.2 Å². The zero-order chi connectivity index (χ0) is 30.2. The Hall–Kier alpha value is -5.77. The first kappa shape index (κ1) is 27.1. The number of ether oxygens (including phenoxy) is 2. The van der Waals surface area contributed by atoms with E-state index in [0.29, 0.717) is 46.2 Å². The van der Waals surface area contributed by atoms with Crippen molar-refractivity contribution in [3.05, 3.63) is 126 Å². The van der Waals surface area contributed by atoms with Gasteiger partial charge in [0, 0.05) is 36.7 Å². The molecule has 0 saturated carbocycles. The number of pyridine rings is 1. The molecule has 3 amide bonds. The summed E-state index contributed by atoms with van der Waals surface area (Å²) in [5, 5.41) is 11.2. The van der Waals surface area contributed by atoms with Crippen molar-refractivity contribution in [1.29, 1.82) is 0 Å². The second kappa shape index (κ2) is 11.1. The number of fused-ring (bicyclic) bond motifs is 2. The van der Waals surface area contributed by atoms with Gasteiger partial charge in [-0.05, 0) is 85.2 Å². The van der Waals surface area contributed by atoms with Crippen molar-refractivity contribution in [3.63, 3.8) is 0 Å². The maximum Gasteiger partial charge on any atom is 0.351 e. The molecule has 4 heterocycles. The SMILES string of the molecule is C[C@@H]1Cc2ccccc2CN1C(=O)c1cc2c(cc1C1=CC=CN(C(=O)N(c3ccncc3)c3ccc(O)cc3)N1)OCO2. The molecular weight excluding hydrogens is 558 g/mol. The quantitative estimate of drug-likeness (QED) is 0.314. The lowest BCUT2D eigenvalue weighted by atomic mass is 9.93. The second-order valence-electron chi connectivity index (χ2n) is 10.7. The minimum absolute atomic E-state index is 0.0128. The maximum atomic E-state index is 14.2. The number of phenols is 1. The van der Waals surface area contributed by atoms with Crippen LogP contribution in [0.3, 0.4) is 0 Å². The predicted octanol–water partition coefficient (Wildman–Crippen LogP) is 5.74. The summed E-state index contributed by atoms with van der Waals surface area (Å²) in [5.41, 5.74) is 8.25. The summed E-state index contributed by atoms with van der Waals surface area (Å²) in [4.78, 5) is 35.8. The Morgan fingerprint density at radius 2 is 1.66 bits per heavy atom. The molecule has 0 spiro atoms. The third-order valence-electron chi connectivity index (χ3n) is 7.97. The number of hydrogen-bond donors (Lipinski definition) is 2. The molecule has 4 aromatic rings. The summed E-state index contributed by atoms with van der Waals surface area (Å²) in [5.74, 6) is 0.964. The highest BCUT2D eigenvalue weighted by molar-refractivity contribution is 6.02. The molecule has 10 heteroatoms. The smallest absolute Gasteiger partial charge is 0.351 e. The summed E-state index contributed by atoms with van der Waals surface area (Å²) < 4.78 is 11.3. The summed E-state index contributed by atoms with van der Waals surface area (Å²) >= 11 is 0. The number of aromatic nitrogens is 1. The van der Waals surface area contributed by atoms with Gasteiger partial charge in [0.2, 0.25) is 6.79 Å². The molecule has 0 bridgehead atoms. The number of urea groups is 1. The van der Waals surface area contributed by atoms with E-state index < -0.39 is 6.03 Å². The number of hydrogen-bond acceptors (Lipinski definition) is 7. The van der Waals surface area contributed by atoms with Gasteiger partial charge >= 0.3 is 6.03 Å². The van der Waals surface area contributed by atoms with Crippen LogP contribution in [0.1, 0.15) is 34.0 Å². The molecule has 3 aliphatic rings. The van der Waals surface area contributed by atoms with Gasteiger partial charge in [0.15, 0.2) is 11.5 Å². The Balaban J connectivity index is 1.22. The Kier molecular flexibility index (Phi) is 6.86. The van der Waals surface area contributed by atoms with Crippen LogP contribution in [0.4, 0.5) is 16.2 Å². The van der Waals surface area contributed by atoms with E-state index in [2.05, 4.69) is 29.5 Å². The van der Waals surface area contributed by atoms with Crippen molar-refractivity contribution in [3.8, 4) is 17.2 Å². The second-order valence-corrected chi connectivity index (χ2v) is 10.7. The minimum atomic E-state index is -0.418. The Morgan fingerprint density at radius 3 is 2.43 bits per heavy atom. The number of nitrogens with zero attached hydrogens (tertiary/aromatic N) is 4. The average Bonchev–Trinajstić information content (AvgIpc) is 3.53. The zero-order valence-electron chi connectivity index (χ0n) is 23.9. The number of aromatic hydroxyl groups is 1. The molecule has 44 heavy (non-hydrogen) atoms. The van der Waals surface area contributed by atoms with Crippen LogP contribution in [0.2, 0.25) is 0 Å². The van der Waals surface area contributed by atoms with Crippen LogP contribution in [0, 0.1) is 0 Å². The maximum absolute atomic E-state index is 14.2. The molecule has 0 aliphatic carbocycles. The topological polar surface area (TPSA) is 107 Å². The molecule has 7 rings (SSSR count). The van der Waals surface area contributed by atoms with Crippen molar-refractivity contribution in [2.45, 2.75) is 25.9 Å². The normalized spacial score (nSPS) is 16.6. The van der Waals surface area contributed by atoms with Crippen LogP contribution in [-0.2, 0) is 13.0 Å². The van der Waals surface area contributed by atoms with E-state index in [4.69, 9.17) is 9.47 Å². The number of nitrogens with one attached hydrogen (secondary N) is 1. The first-order valence-corrected chi connectivity index (χ1v) is 14.3. The lowest BCUT2D eigenvalue weighted by Gasteiger charge is -2.36. The van der Waals surface area contributed by atoms with Crippen molar-refractivity contribution in [2.75, 3.05) is 11.7 Å². The number of benzene rings is 3. The Labute approximate surface area is 254 Å². The number of phenolic OH excluding ortho intramolecular Hbond substituents is 1. The summed E-state index contributed by atoms with van der Waals surface area (Å²) in [6, 6.07) is 21.1. The molecule has 0 unspecified atom stereocenters. The zero-order valence-corrected chi connectivity index (χ0v) is 23.9. The molecule has 2 N–H and O–H groups in total. The van der Waals surface area contributed by atoms with Crippen molar-refractivity contribution >= 4 is 29.0 Å². The first-order valence-electron chi connectivity index (χ1n) is 14.3. The van der Waals surface area contributed by atoms with Crippen LogP contribution in [0.25, 0.3) is 5.70 Å². The van der Waals surface area contributed by atoms with E-state index in [1.807, 2.05) is 23.1 Å². The Morgan fingerprint density at radius 1 is 0.955 bits per heavy atom. The van der Waals surface area contributed by atoms with Gasteiger partial charge < -0.3 is 19.5 Å². The van der Waals surface area contributed by atoms with Gasteiger partial charge in [-0.2, -0.15) is 0 Å². The highest BCUT2D eigenvalue weighted by atomic mass is 16.7. The van der Waals surface area contributed by atoms with E-state index in [9.17, 15) is 14.7 Å². The number of amides is 3. The van der Waals surface area contributed by atoms with Gasteiger partial charge in [0.25, 0.3) is 5.91 Å². The van der Waals surface area contributed by atoms with Crippen LogP contribution in [0.15, 0.2) is 104 Å². The van der Waals surface area contributed by atoms with Gasteiger partial charge in [0.1, 0.15) is 5.75 Å². The molecule has 3 aromatic carbocycles. The highest BCUT2D eigenvalue weighted by Gasteiger charge is 2.32. The summed E-state index contributed by atoms with van der Waals surface area (Å²) in [6.07, 6.45) is 9.12. The fourth-order valence-electron chi connectivity index (χ4n) is 5.71. The lowest BCUT2D eigenvalue weighted by molar-refractivity contribution is 0.0657. The van der Waals surface area contributed by atoms with Gasteiger partial charge in [-0.25, -0.2) is 9.80 Å². The van der Waals surface area contributed by atoms with E-state index in [-0.39, 0.29) is 24.5 Å². The van der Waals surface area contributed by atoms with E-state index in [1.165, 1.54) is 27.6 Å². The fourth-order valence-corrected chi connectivity index (χ4v) is 5.71. The van der Waals surface area contributed by atoms with Crippen LogP contribution >= 0.6 is 0 Å². The van der Waals surface area contributed by atoms with Gasteiger partial charge in [0.05, 0.1) is 22.6 Å².